The van der Waals surface area contributed by atoms with Crippen LogP contribution in [0.25, 0.3) is 0 Å². The summed E-state index contributed by atoms with van der Waals surface area (Å²) >= 11 is 0. The number of hydrazone groups is 1. The minimum absolute atomic E-state index is 0.200. The molecule has 16 heavy (non-hydrogen) atoms. The molecule has 94 valence electrons. The van der Waals surface area contributed by atoms with Crippen molar-refractivity contribution in [1.29, 1.82) is 5.41 Å². The van der Waals surface area contributed by atoms with Gasteiger partial charge in [0.15, 0.2) is 0 Å². The van der Waals surface area contributed by atoms with Crippen LogP contribution in [0.5, 0.6) is 0 Å². The lowest BCUT2D eigenvalue weighted by atomic mass is 10.3. The van der Waals surface area contributed by atoms with E-state index in [1.807, 2.05) is 4.90 Å². The Kier molecular flexibility index (Phi) is 8.01. The van der Waals surface area contributed by atoms with Gasteiger partial charge in [0, 0.05) is 13.1 Å². The van der Waals surface area contributed by atoms with E-state index >= 15 is 0 Å². The molecule has 0 rings (SSSR count). The van der Waals surface area contributed by atoms with Crippen LogP contribution >= 0.6 is 0 Å². The average molecular weight is 228 g/mol. The molecule has 0 saturated carbocycles. The Morgan fingerprint density at radius 3 is 2.06 bits per heavy atom. The second-order valence-electron chi connectivity index (χ2n) is 3.69. The molecule has 0 aliphatic rings. The molecule has 0 spiro atoms. The summed E-state index contributed by atoms with van der Waals surface area (Å²) in [5.74, 6) is 0.200. The van der Waals surface area contributed by atoms with Gasteiger partial charge < -0.3 is 16.4 Å². The fourth-order valence-electron chi connectivity index (χ4n) is 1.23. The summed E-state index contributed by atoms with van der Waals surface area (Å²) in [5.41, 5.74) is 13.3. The number of hydrogen-bond donors (Lipinski definition) is 4. The van der Waals surface area contributed by atoms with Gasteiger partial charge >= 0.3 is 0 Å². The van der Waals surface area contributed by atoms with Crippen LogP contribution in [-0.4, -0.2) is 29.9 Å². The van der Waals surface area contributed by atoms with Gasteiger partial charge in [-0.3, -0.25) is 5.41 Å². The molecule has 0 heterocycles. The maximum absolute atomic E-state index is 6.99. The van der Waals surface area contributed by atoms with Crippen LogP contribution in [0, 0.1) is 5.41 Å². The predicted molar refractivity (Wildman–Crippen MR) is 68.1 cm³/mol. The first-order chi connectivity index (χ1) is 7.61. The van der Waals surface area contributed by atoms with Crippen molar-refractivity contribution in [3.63, 3.8) is 0 Å². The molecule has 6 nitrogen and oxygen atoms in total. The summed E-state index contributed by atoms with van der Waals surface area (Å²) in [6.45, 7) is 6.06. The maximum atomic E-state index is 6.99. The van der Waals surface area contributed by atoms with E-state index in [0.717, 1.165) is 38.8 Å². The van der Waals surface area contributed by atoms with Crippen molar-refractivity contribution in [2.45, 2.75) is 39.5 Å². The van der Waals surface area contributed by atoms with Crippen molar-refractivity contribution >= 4 is 11.9 Å². The third-order valence-electron chi connectivity index (χ3n) is 2.18. The van der Waals surface area contributed by atoms with Gasteiger partial charge in [0.25, 0.3) is 0 Å². The number of nitrogens with one attached hydrogen (secondary N) is 2. The molecule has 0 aliphatic carbocycles. The first kappa shape index (κ1) is 14.5. The Balaban J connectivity index is 4.22. The van der Waals surface area contributed by atoms with Crippen molar-refractivity contribution < 1.29 is 0 Å². The van der Waals surface area contributed by atoms with Gasteiger partial charge in [-0.1, -0.05) is 26.7 Å². The molecule has 0 fully saturated rings. The van der Waals surface area contributed by atoms with Gasteiger partial charge in [0.05, 0.1) is 0 Å². The van der Waals surface area contributed by atoms with E-state index in [4.69, 9.17) is 16.9 Å². The molecular formula is C10H24N6. The van der Waals surface area contributed by atoms with Gasteiger partial charge in [-0.05, 0) is 12.8 Å². The van der Waals surface area contributed by atoms with Gasteiger partial charge in [-0.25, -0.2) is 5.43 Å². The molecular weight excluding hydrogens is 204 g/mol. The molecule has 0 aliphatic heterocycles. The van der Waals surface area contributed by atoms with E-state index < -0.39 is 0 Å². The number of hydrogen-bond acceptors (Lipinski definition) is 2. The predicted octanol–water partition coefficient (Wildman–Crippen LogP) is 0.601. The van der Waals surface area contributed by atoms with Gasteiger partial charge in [0.1, 0.15) is 0 Å². The van der Waals surface area contributed by atoms with E-state index in [9.17, 15) is 0 Å². The quantitative estimate of drug-likeness (QED) is 0.291. The van der Waals surface area contributed by atoms with Crippen LogP contribution in [0.15, 0.2) is 5.10 Å². The highest BCUT2D eigenvalue weighted by atomic mass is 15.4. The standard InChI is InChI=1S/C10H24N6/c1-3-5-7-16(8-6-4-2)10(13)15-14-9(11)12/h3-8H2,1-2H3,(H2,13,15)(H4,11,12,14). The van der Waals surface area contributed by atoms with Crippen LogP contribution in [-0.2, 0) is 0 Å². The lowest BCUT2D eigenvalue weighted by Crippen LogP contribution is -2.41. The van der Waals surface area contributed by atoms with E-state index in [0.29, 0.717) is 5.96 Å². The molecule has 0 bridgehead atoms. The monoisotopic (exact) mass is 228 g/mol. The zero-order valence-electron chi connectivity index (χ0n) is 10.3. The highest BCUT2D eigenvalue weighted by Gasteiger charge is 2.06. The van der Waals surface area contributed by atoms with E-state index in [1.165, 1.54) is 0 Å². The van der Waals surface area contributed by atoms with Gasteiger partial charge in [-0.2, -0.15) is 0 Å². The van der Waals surface area contributed by atoms with Crippen molar-refractivity contribution in [3.05, 3.63) is 0 Å². The SMILES string of the molecule is CCCCN(CCCC)C(N)=NNC(=N)N. The van der Waals surface area contributed by atoms with Crippen molar-refractivity contribution in [2.75, 3.05) is 13.1 Å². The van der Waals surface area contributed by atoms with Crippen molar-refractivity contribution in [2.24, 2.45) is 16.6 Å². The normalized spacial score (nSPS) is 11.2. The molecule has 0 radical (unpaired) electrons. The second-order valence-corrected chi connectivity index (χ2v) is 3.69. The summed E-state index contributed by atoms with van der Waals surface area (Å²) in [6, 6.07) is 0. The van der Waals surface area contributed by atoms with E-state index in [2.05, 4.69) is 24.4 Å². The highest BCUT2D eigenvalue weighted by Crippen LogP contribution is 1.98. The zero-order chi connectivity index (χ0) is 12.4. The summed E-state index contributed by atoms with van der Waals surface area (Å²) in [5, 5.41) is 10.8. The van der Waals surface area contributed by atoms with Crippen LogP contribution in [0.3, 0.4) is 0 Å². The van der Waals surface area contributed by atoms with Crippen molar-refractivity contribution in [1.82, 2.24) is 10.3 Å². The molecule has 0 unspecified atom stereocenters. The summed E-state index contributed by atoms with van der Waals surface area (Å²) in [7, 11) is 0. The number of unbranched alkanes of at least 4 members (excludes halogenated alkanes) is 2. The number of rotatable bonds is 7. The summed E-state index contributed by atoms with van der Waals surface area (Å²) in [6.07, 6.45) is 4.41. The van der Waals surface area contributed by atoms with E-state index in [-0.39, 0.29) is 5.96 Å². The minimum atomic E-state index is -0.200. The average Bonchev–Trinajstić information content (AvgIpc) is 2.26. The third kappa shape index (κ3) is 6.92. The van der Waals surface area contributed by atoms with Crippen LogP contribution < -0.4 is 16.9 Å². The van der Waals surface area contributed by atoms with Gasteiger partial charge in [-0.15, -0.1) is 5.10 Å². The summed E-state index contributed by atoms with van der Waals surface area (Å²) in [4.78, 5) is 2.02. The molecule has 0 aromatic rings. The minimum Gasteiger partial charge on any atom is -0.369 e. The third-order valence-corrected chi connectivity index (χ3v) is 2.18. The summed E-state index contributed by atoms with van der Waals surface area (Å²) < 4.78 is 0. The largest absolute Gasteiger partial charge is 0.369 e. The second kappa shape index (κ2) is 8.82. The van der Waals surface area contributed by atoms with Gasteiger partial charge in [0.2, 0.25) is 11.9 Å². The lowest BCUT2D eigenvalue weighted by molar-refractivity contribution is 0.392. The zero-order valence-corrected chi connectivity index (χ0v) is 10.3. The number of nitrogens with two attached hydrogens (primary N) is 2. The Hall–Kier alpha value is -1.46. The number of nitrogens with zero attached hydrogens (tertiary/aromatic N) is 2. The van der Waals surface area contributed by atoms with Crippen LogP contribution in [0.2, 0.25) is 0 Å². The van der Waals surface area contributed by atoms with E-state index in [1.54, 1.807) is 0 Å². The lowest BCUT2D eigenvalue weighted by Gasteiger charge is -2.22. The Labute approximate surface area is 97.6 Å². The smallest absolute Gasteiger partial charge is 0.214 e. The Morgan fingerprint density at radius 1 is 1.19 bits per heavy atom. The topological polar surface area (TPSA) is 104 Å². The Bertz CT molecular complexity index is 217. The molecule has 0 amide bonds. The van der Waals surface area contributed by atoms with Crippen molar-refractivity contribution in [3.8, 4) is 0 Å². The molecule has 0 aromatic carbocycles. The molecule has 6 N–H and O–H groups in total. The molecule has 0 atom stereocenters. The maximum Gasteiger partial charge on any atom is 0.214 e. The molecule has 0 aromatic heterocycles. The molecule has 6 heteroatoms. The molecule has 0 saturated heterocycles. The van der Waals surface area contributed by atoms with Crippen LogP contribution in [0.4, 0.5) is 0 Å². The van der Waals surface area contributed by atoms with Crippen LogP contribution in [0.1, 0.15) is 39.5 Å². The fraction of sp³-hybridized carbons (Fsp3) is 0.800. The fourth-order valence-corrected chi connectivity index (χ4v) is 1.23. The Morgan fingerprint density at radius 2 is 1.69 bits per heavy atom. The first-order valence-electron chi connectivity index (χ1n) is 5.79. The first-order valence-corrected chi connectivity index (χ1v) is 5.79. The highest BCUT2D eigenvalue weighted by molar-refractivity contribution is 5.81. The number of guanidine groups is 2.